The number of thiazole rings is 1. The molecular formula is C13H20N2S. The van der Waals surface area contributed by atoms with Crippen molar-refractivity contribution >= 4 is 11.3 Å². The van der Waals surface area contributed by atoms with Crippen LogP contribution < -0.4 is 5.32 Å². The van der Waals surface area contributed by atoms with Crippen LogP contribution in [0.2, 0.25) is 0 Å². The molecule has 0 bridgehead atoms. The molecule has 88 valence electrons. The van der Waals surface area contributed by atoms with E-state index in [1.165, 1.54) is 35.6 Å². The van der Waals surface area contributed by atoms with Gasteiger partial charge in [0.15, 0.2) is 0 Å². The number of nitrogens with zero attached hydrogens (tertiary/aromatic N) is 1. The summed E-state index contributed by atoms with van der Waals surface area (Å²) in [4.78, 5) is 5.90. The normalized spacial score (nSPS) is 18.8. The van der Waals surface area contributed by atoms with Gasteiger partial charge in [0.2, 0.25) is 0 Å². The van der Waals surface area contributed by atoms with Crippen molar-refractivity contribution in [3.63, 3.8) is 0 Å². The highest BCUT2D eigenvalue weighted by atomic mass is 32.1. The van der Waals surface area contributed by atoms with E-state index in [0.29, 0.717) is 6.04 Å². The average molecular weight is 236 g/mol. The smallest absolute Gasteiger partial charge is 0.0959 e. The average Bonchev–Trinajstić information content (AvgIpc) is 2.95. The summed E-state index contributed by atoms with van der Waals surface area (Å²) in [6.45, 7) is 6.80. The molecule has 16 heavy (non-hydrogen) atoms. The summed E-state index contributed by atoms with van der Waals surface area (Å²) in [5.74, 6) is 0.746. The van der Waals surface area contributed by atoms with Gasteiger partial charge in [-0.05, 0) is 19.8 Å². The Bertz CT molecular complexity index is 339. The first-order valence-electron chi connectivity index (χ1n) is 6.10. The first-order valence-corrected chi connectivity index (χ1v) is 6.92. The molecular weight excluding hydrogens is 216 g/mol. The Kier molecular flexibility index (Phi) is 4.13. The van der Waals surface area contributed by atoms with Gasteiger partial charge >= 0.3 is 0 Å². The van der Waals surface area contributed by atoms with Crippen molar-refractivity contribution in [1.82, 2.24) is 10.3 Å². The second-order valence-corrected chi connectivity index (χ2v) is 5.70. The van der Waals surface area contributed by atoms with Crippen LogP contribution in [0.25, 0.3) is 0 Å². The summed E-state index contributed by atoms with van der Waals surface area (Å²) in [6.07, 6.45) is 9.39. The van der Waals surface area contributed by atoms with Crippen LogP contribution in [0.15, 0.2) is 18.9 Å². The van der Waals surface area contributed by atoms with Crippen LogP contribution in [-0.2, 0) is 6.54 Å². The maximum absolute atomic E-state index is 4.55. The highest BCUT2D eigenvalue weighted by molar-refractivity contribution is 7.11. The van der Waals surface area contributed by atoms with E-state index in [-0.39, 0.29) is 0 Å². The molecule has 3 heteroatoms. The number of hydrogen-bond acceptors (Lipinski definition) is 3. The Balaban J connectivity index is 1.89. The molecule has 0 radical (unpaired) electrons. The van der Waals surface area contributed by atoms with E-state index in [1.54, 1.807) is 0 Å². The van der Waals surface area contributed by atoms with Crippen LogP contribution in [0, 0.1) is 0 Å². The maximum atomic E-state index is 4.55. The van der Waals surface area contributed by atoms with Crippen LogP contribution in [0.1, 0.15) is 48.4 Å². The van der Waals surface area contributed by atoms with E-state index in [4.69, 9.17) is 0 Å². The van der Waals surface area contributed by atoms with Crippen molar-refractivity contribution in [1.29, 1.82) is 0 Å². The Morgan fingerprint density at radius 3 is 3.06 bits per heavy atom. The van der Waals surface area contributed by atoms with Crippen molar-refractivity contribution < 1.29 is 0 Å². The highest BCUT2D eigenvalue weighted by Gasteiger charge is 2.19. The Morgan fingerprint density at radius 2 is 2.38 bits per heavy atom. The molecule has 0 saturated heterocycles. The van der Waals surface area contributed by atoms with Crippen LogP contribution in [-0.4, -0.2) is 11.0 Å². The Labute approximate surface area is 102 Å². The second-order valence-electron chi connectivity index (χ2n) is 4.55. The van der Waals surface area contributed by atoms with Gasteiger partial charge in [0.1, 0.15) is 0 Å². The zero-order valence-electron chi connectivity index (χ0n) is 9.91. The van der Waals surface area contributed by atoms with Gasteiger partial charge in [-0.25, -0.2) is 4.98 Å². The molecule has 2 nitrogen and oxygen atoms in total. The molecule has 0 aromatic carbocycles. The molecule has 1 N–H and O–H groups in total. The van der Waals surface area contributed by atoms with Crippen LogP contribution in [0.4, 0.5) is 0 Å². The topological polar surface area (TPSA) is 24.9 Å². The van der Waals surface area contributed by atoms with E-state index in [1.807, 2.05) is 23.6 Å². The molecule has 1 fully saturated rings. The van der Waals surface area contributed by atoms with Gasteiger partial charge in [0, 0.05) is 29.6 Å². The largest absolute Gasteiger partial charge is 0.306 e. The Hall–Kier alpha value is -0.670. The number of rotatable bonds is 5. The molecule has 0 amide bonds. The molecule has 0 aliphatic heterocycles. The van der Waals surface area contributed by atoms with E-state index >= 15 is 0 Å². The van der Waals surface area contributed by atoms with Crippen LogP contribution >= 0.6 is 11.3 Å². The monoisotopic (exact) mass is 236 g/mol. The van der Waals surface area contributed by atoms with Crippen molar-refractivity contribution in [2.45, 2.75) is 51.1 Å². The van der Waals surface area contributed by atoms with Crippen molar-refractivity contribution in [2.24, 2.45) is 0 Å². The number of nitrogens with one attached hydrogen (secondary N) is 1. The van der Waals surface area contributed by atoms with Gasteiger partial charge < -0.3 is 5.32 Å². The molecule has 1 heterocycles. The summed E-state index contributed by atoms with van der Waals surface area (Å²) in [5, 5.41) is 4.75. The predicted molar refractivity (Wildman–Crippen MR) is 69.8 cm³/mol. The fourth-order valence-corrected chi connectivity index (χ4v) is 3.15. The van der Waals surface area contributed by atoms with Crippen LogP contribution in [0.3, 0.4) is 0 Å². The van der Waals surface area contributed by atoms with E-state index in [9.17, 15) is 0 Å². The summed E-state index contributed by atoms with van der Waals surface area (Å²) in [5.41, 5.74) is 0. The van der Waals surface area contributed by atoms with Gasteiger partial charge in [-0.2, -0.15) is 0 Å². The first kappa shape index (κ1) is 11.8. The molecule has 1 aromatic rings. The third kappa shape index (κ3) is 2.92. The third-order valence-electron chi connectivity index (χ3n) is 3.23. The molecule has 1 atom stereocenters. The maximum Gasteiger partial charge on any atom is 0.0959 e. The lowest BCUT2D eigenvalue weighted by atomic mass is 10.1. The molecule has 0 spiro atoms. The van der Waals surface area contributed by atoms with E-state index < -0.39 is 0 Å². The highest BCUT2D eigenvalue weighted by Crippen LogP contribution is 2.35. The molecule has 1 unspecified atom stereocenters. The molecule has 1 saturated carbocycles. The SMILES string of the molecule is C=CC(C)NCc1cnc(C2CCCC2)s1. The zero-order valence-corrected chi connectivity index (χ0v) is 10.7. The fourth-order valence-electron chi connectivity index (χ4n) is 2.11. The number of aromatic nitrogens is 1. The molecule has 1 aromatic heterocycles. The lowest BCUT2D eigenvalue weighted by Gasteiger charge is -2.06. The van der Waals surface area contributed by atoms with Crippen molar-refractivity contribution in [3.05, 3.63) is 28.7 Å². The van der Waals surface area contributed by atoms with E-state index in [0.717, 1.165) is 12.5 Å². The minimum absolute atomic E-state index is 0.372. The van der Waals surface area contributed by atoms with Crippen LogP contribution in [0.5, 0.6) is 0 Å². The fraction of sp³-hybridized carbons (Fsp3) is 0.615. The third-order valence-corrected chi connectivity index (χ3v) is 4.39. The second kappa shape index (κ2) is 5.60. The first-order chi connectivity index (χ1) is 7.79. The van der Waals surface area contributed by atoms with Gasteiger partial charge in [0.25, 0.3) is 0 Å². The van der Waals surface area contributed by atoms with Gasteiger partial charge in [-0.3, -0.25) is 0 Å². The van der Waals surface area contributed by atoms with Gasteiger partial charge in [-0.1, -0.05) is 18.9 Å². The standard InChI is InChI=1S/C13H20N2S/c1-3-10(2)14-8-12-9-15-13(16-12)11-6-4-5-7-11/h3,9-11,14H,1,4-8H2,2H3. The quantitative estimate of drug-likeness (QED) is 0.792. The predicted octanol–water partition coefficient (Wildman–Crippen LogP) is 3.46. The zero-order chi connectivity index (χ0) is 11.4. The van der Waals surface area contributed by atoms with Gasteiger partial charge in [0.05, 0.1) is 5.01 Å². The molecule has 1 aliphatic carbocycles. The van der Waals surface area contributed by atoms with Gasteiger partial charge in [-0.15, -0.1) is 17.9 Å². The van der Waals surface area contributed by atoms with Crippen molar-refractivity contribution in [3.8, 4) is 0 Å². The summed E-state index contributed by atoms with van der Waals surface area (Å²) in [6, 6.07) is 0.372. The molecule has 2 rings (SSSR count). The minimum Gasteiger partial charge on any atom is -0.306 e. The van der Waals surface area contributed by atoms with Crippen molar-refractivity contribution in [2.75, 3.05) is 0 Å². The van der Waals surface area contributed by atoms with E-state index in [2.05, 4.69) is 23.8 Å². The lowest BCUT2D eigenvalue weighted by molar-refractivity contribution is 0.639. The summed E-state index contributed by atoms with van der Waals surface area (Å²) in [7, 11) is 0. The Morgan fingerprint density at radius 1 is 1.62 bits per heavy atom. The summed E-state index contributed by atoms with van der Waals surface area (Å²) < 4.78 is 0. The minimum atomic E-state index is 0.372. The number of hydrogen-bond donors (Lipinski definition) is 1. The lowest BCUT2D eigenvalue weighted by Crippen LogP contribution is -2.22. The molecule has 1 aliphatic rings. The summed E-state index contributed by atoms with van der Waals surface area (Å²) >= 11 is 1.87.